The average molecular weight is 532 g/mol. The summed E-state index contributed by atoms with van der Waals surface area (Å²) in [5.41, 5.74) is 4.45. The minimum atomic E-state index is -0.499. The lowest BCUT2D eigenvalue weighted by Gasteiger charge is -2.12. The SMILES string of the molecule is COc1cc(/C=N/NC(=O)c2cc3cc(Cl)ccc3o2)c(Br)cc1OCc1ccc(F)cc1. The molecule has 33 heavy (non-hydrogen) atoms. The fraction of sp³-hybridized carbons (Fsp3) is 0.0833. The van der Waals surface area contributed by atoms with Gasteiger partial charge in [0.05, 0.1) is 13.3 Å². The number of halogens is 3. The molecule has 4 rings (SSSR count). The summed E-state index contributed by atoms with van der Waals surface area (Å²) >= 11 is 9.43. The second-order valence-corrected chi connectivity index (χ2v) is 8.22. The molecular weight excluding hydrogens is 515 g/mol. The molecule has 0 fully saturated rings. The van der Waals surface area contributed by atoms with E-state index < -0.39 is 5.91 Å². The van der Waals surface area contributed by atoms with E-state index >= 15 is 0 Å². The standard InChI is InChI=1S/C24H17BrClFN2O4/c1-31-21-10-16(19(25)11-22(21)32-13-14-2-5-18(27)6-3-14)12-28-29-24(30)23-9-15-8-17(26)4-7-20(15)33-23/h2-12H,13H2,1H3,(H,29,30)/b28-12+. The number of fused-ring (bicyclic) bond motifs is 1. The largest absolute Gasteiger partial charge is 0.493 e. The van der Waals surface area contributed by atoms with E-state index in [2.05, 4.69) is 26.5 Å². The molecule has 0 aliphatic heterocycles. The maximum Gasteiger partial charge on any atom is 0.307 e. The van der Waals surface area contributed by atoms with Gasteiger partial charge in [-0.1, -0.05) is 23.7 Å². The third-order valence-corrected chi connectivity index (χ3v) is 5.58. The molecule has 1 amide bonds. The van der Waals surface area contributed by atoms with Gasteiger partial charge in [-0.3, -0.25) is 4.79 Å². The molecule has 1 aromatic heterocycles. The zero-order valence-corrected chi connectivity index (χ0v) is 19.6. The van der Waals surface area contributed by atoms with Crippen LogP contribution in [0.4, 0.5) is 4.39 Å². The van der Waals surface area contributed by atoms with Crippen LogP contribution in [0.3, 0.4) is 0 Å². The average Bonchev–Trinajstić information content (AvgIpc) is 3.23. The van der Waals surface area contributed by atoms with E-state index in [0.29, 0.717) is 32.1 Å². The maximum absolute atomic E-state index is 13.1. The highest BCUT2D eigenvalue weighted by molar-refractivity contribution is 9.10. The number of furan rings is 1. The van der Waals surface area contributed by atoms with E-state index in [-0.39, 0.29) is 18.2 Å². The smallest absolute Gasteiger partial charge is 0.307 e. The fourth-order valence-electron chi connectivity index (χ4n) is 3.01. The van der Waals surface area contributed by atoms with Crippen LogP contribution in [0.1, 0.15) is 21.7 Å². The summed E-state index contributed by atoms with van der Waals surface area (Å²) in [6.07, 6.45) is 1.47. The molecule has 0 saturated carbocycles. The minimum Gasteiger partial charge on any atom is -0.493 e. The lowest BCUT2D eigenvalue weighted by atomic mass is 10.2. The first-order valence-corrected chi connectivity index (χ1v) is 10.9. The second-order valence-electron chi connectivity index (χ2n) is 6.93. The first kappa shape index (κ1) is 22.8. The van der Waals surface area contributed by atoms with E-state index in [1.54, 1.807) is 48.5 Å². The van der Waals surface area contributed by atoms with E-state index in [0.717, 1.165) is 10.9 Å². The Hall–Kier alpha value is -3.36. The third-order valence-electron chi connectivity index (χ3n) is 4.66. The quantitative estimate of drug-likeness (QED) is 0.223. The number of carbonyl (C=O) groups excluding carboxylic acids is 1. The Bertz CT molecular complexity index is 1340. The van der Waals surface area contributed by atoms with Crippen molar-refractivity contribution in [3.63, 3.8) is 0 Å². The van der Waals surface area contributed by atoms with Crippen molar-refractivity contribution >= 4 is 50.6 Å². The number of rotatable bonds is 7. The van der Waals surface area contributed by atoms with E-state index in [4.69, 9.17) is 25.5 Å². The molecule has 1 heterocycles. The number of amides is 1. The molecule has 0 saturated heterocycles. The monoisotopic (exact) mass is 530 g/mol. The molecule has 0 atom stereocenters. The van der Waals surface area contributed by atoms with Gasteiger partial charge in [0, 0.05) is 20.4 Å². The van der Waals surface area contributed by atoms with Gasteiger partial charge < -0.3 is 13.9 Å². The predicted molar refractivity (Wildman–Crippen MR) is 128 cm³/mol. The molecule has 0 spiro atoms. The Morgan fingerprint density at radius 3 is 2.70 bits per heavy atom. The Labute approximate surface area is 202 Å². The van der Waals surface area contributed by atoms with Gasteiger partial charge in [-0.05, 0) is 70.0 Å². The Morgan fingerprint density at radius 1 is 1.15 bits per heavy atom. The van der Waals surface area contributed by atoms with Crippen LogP contribution >= 0.6 is 27.5 Å². The number of nitrogens with zero attached hydrogens (tertiary/aromatic N) is 1. The normalized spacial score (nSPS) is 11.2. The van der Waals surface area contributed by atoms with Crippen molar-refractivity contribution in [3.05, 3.63) is 92.9 Å². The molecule has 0 aliphatic rings. The second kappa shape index (κ2) is 10.1. The van der Waals surface area contributed by atoms with Gasteiger partial charge in [0.2, 0.25) is 0 Å². The number of nitrogens with one attached hydrogen (secondary N) is 1. The highest BCUT2D eigenvalue weighted by Gasteiger charge is 2.13. The van der Waals surface area contributed by atoms with Gasteiger partial charge in [0.1, 0.15) is 18.0 Å². The third kappa shape index (κ3) is 5.53. The molecule has 3 aromatic carbocycles. The van der Waals surface area contributed by atoms with E-state index in [1.165, 1.54) is 25.5 Å². The number of hydrogen-bond acceptors (Lipinski definition) is 5. The molecule has 9 heteroatoms. The number of ether oxygens (including phenoxy) is 2. The molecular formula is C24H17BrClFN2O4. The van der Waals surface area contributed by atoms with Crippen LogP contribution in [0.15, 0.2) is 74.7 Å². The van der Waals surface area contributed by atoms with Crippen LogP contribution in [-0.2, 0) is 6.61 Å². The van der Waals surface area contributed by atoms with Crippen LogP contribution in [0, 0.1) is 5.82 Å². The minimum absolute atomic E-state index is 0.116. The topological polar surface area (TPSA) is 73.1 Å². The fourth-order valence-corrected chi connectivity index (χ4v) is 3.61. The van der Waals surface area contributed by atoms with Gasteiger partial charge in [-0.2, -0.15) is 5.10 Å². The van der Waals surface area contributed by atoms with Crippen molar-refractivity contribution in [2.75, 3.05) is 7.11 Å². The summed E-state index contributed by atoms with van der Waals surface area (Å²) in [6.45, 7) is 0.245. The van der Waals surface area contributed by atoms with Crippen LogP contribution in [-0.4, -0.2) is 19.2 Å². The molecule has 0 radical (unpaired) electrons. The van der Waals surface area contributed by atoms with Gasteiger partial charge in [0.15, 0.2) is 17.3 Å². The number of benzene rings is 3. The predicted octanol–water partition coefficient (Wildman–Crippen LogP) is 6.34. The van der Waals surface area contributed by atoms with Gasteiger partial charge >= 0.3 is 5.91 Å². The molecule has 1 N–H and O–H groups in total. The van der Waals surface area contributed by atoms with Gasteiger partial charge in [-0.15, -0.1) is 0 Å². The van der Waals surface area contributed by atoms with Gasteiger partial charge in [-0.25, -0.2) is 9.82 Å². The summed E-state index contributed by atoms with van der Waals surface area (Å²) in [5.74, 6) is 0.282. The number of hydrazone groups is 1. The highest BCUT2D eigenvalue weighted by Crippen LogP contribution is 2.33. The Kier molecular flexibility index (Phi) is 6.96. The Balaban J connectivity index is 1.44. The highest BCUT2D eigenvalue weighted by atomic mass is 79.9. The molecule has 0 bridgehead atoms. The lowest BCUT2D eigenvalue weighted by molar-refractivity contribution is 0.0929. The number of methoxy groups -OCH3 is 1. The zero-order valence-electron chi connectivity index (χ0n) is 17.3. The molecule has 0 unspecified atom stereocenters. The summed E-state index contributed by atoms with van der Waals surface area (Å²) in [5, 5.41) is 5.28. The number of carbonyl (C=O) groups is 1. The summed E-state index contributed by atoms with van der Waals surface area (Å²) < 4.78 is 30.5. The molecule has 6 nitrogen and oxygen atoms in total. The van der Waals surface area contributed by atoms with Crippen molar-refractivity contribution in [3.8, 4) is 11.5 Å². The molecule has 4 aromatic rings. The van der Waals surface area contributed by atoms with Crippen molar-refractivity contribution in [2.45, 2.75) is 6.61 Å². The Morgan fingerprint density at radius 2 is 1.94 bits per heavy atom. The summed E-state index contributed by atoms with van der Waals surface area (Å²) in [4.78, 5) is 12.4. The molecule has 168 valence electrons. The van der Waals surface area contributed by atoms with Gasteiger partial charge in [0.25, 0.3) is 0 Å². The first-order chi connectivity index (χ1) is 15.9. The summed E-state index contributed by atoms with van der Waals surface area (Å²) in [6, 6.07) is 16.2. The van der Waals surface area contributed by atoms with Crippen molar-refractivity contribution in [1.82, 2.24) is 5.43 Å². The van der Waals surface area contributed by atoms with Crippen molar-refractivity contribution < 1.29 is 23.1 Å². The van der Waals surface area contributed by atoms with Crippen molar-refractivity contribution in [1.29, 1.82) is 0 Å². The van der Waals surface area contributed by atoms with Crippen LogP contribution in [0.25, 0.3) is 11.0 Å². The van der Waals surface area contributed by atoms with E-state index in [9.17, 15) is 9.18 Å². The number of hydrogen-bond donors (Lipinski definition) is 1. The maximum atomic E-state index is 13.1. The lowest BCUT2D eigenvalue weighted by Crippen LogP contribution is -2.16. The van der Waals surface area contributed by atoms with Crippen LogP contribution in [0.5, 0.6) is 11.5 Å². The van der Waals surface area contributed by atoms with Crippen LogP contribution in [0.2, 0.25) is 5.02 Å². The summed E-state index contributed by atoms with van der Waals surface area (Å²) in [7, 11) is 1.52. The van der Waals surface area contributed by atoms with Crippen LogP contribution < -0.4 is 14.9 Å². The zero-order chi connectivity index (χ0) is 23.4. The van der Waals surface area contributed by atoms with Crippen molar-refractivity contribution in [2.24, 2.45) is 5.10 Å². The first-order valence-electron chi connectivity index (χ1n) is 9.70. The van der Waals surface area contributed by atoms with E-state index in [1.807, 2.05) is 0 Å². The molecule has 0 aliphatic carbocycles.